The van der Waals surface area contributed by atoms with Gasteiger partial charge in [0, 0.05) is 36.9 Å². The lowest BCUT2D eigenvalue weighted by Crippen LogP contribution is -2.41. The van der Waals surface area contributed by atoms with E-state index in [1.807, 2.05) is 24.3 Å². The number of aromatic nitrogens is 1. The van der Waals surface area contributed by atoms with Gasteiger partial charge in [0.05, 0.1) is 6.42 Å². The summed E-state index contributed by atoms with van der Waals surface area (Å²) in [6.07, 6.45) is 5.37. The Hall–Kier alpha value is -3.22. The van der Waals surface area contributed by atoms with E-state index in [0.717, 1.165) is 24.1 Å². The Kier molecular flexibility index (Phi) is 6.07. The van der Waals surface area contributed by atoms with Crippen LogP contribution < -0.4 is 10.6 Å². The summed E-state index contributed by atoms with van der Waals surface area (Å²) >= 11 is 0. The van der Waals surface area contributed by atoms with Crippen molar-refractivity contribution in [2.75, 3.05) is 18.4 Å². The van der Waals surface area contributed by atoms with Gasteiger partial charge in [-0.25, -0.2) is 0 Å². The fourth-order valence-corrected chi connectivity index (χ4v) is 3.64. The summed E-state index contributed by atoms with van der Waals surface area (Å²) in [6.45, 7) is 1.09. The third-order valence-corrected chi connectivity index (χ3v) is 5.57. The quantitative estimate of drug-likeness (QED) is 0.771. The van der Waals surface area contributed by atoms with Crippen LogP contribution >= 0.6 is 0 Å². The highest BCUT2D eigenvalue weighted by atomic mass is 16.2. The number of amides is 3. The van der Waals surface area contributed by atoms with E-state index < -0.39 is 0 Å². The Morgan fingerprint density at radius 1 is 0.967 bits per heavy atom. The smallest absolute Gasteiger partial charge is 0.272 e. The van der Waals surface area contributed by atoms with Gasteiger partial charge >= 0.3 is 0 Å². The van der Waals surface area contributed by atoms with Crippen molar-refractivity contribution in [2.24, 2.45) is 5.92 Å². The van der Waals surface area contributed by atoms with Gasteiger partial charge in [0.2, 0.25) is 11.8 Å². The van der Waals surface area contributed by atoms with Gasteiger partial charge in [-0.1, -0.05) is 18.2 Å². The molecule has 30 heavy (non-hydrogen) atoms. The Balaban J connectivity index is 1.24. The first-order valence-corrected chi connectivity index (χ1v) is 10.5. The Morgan fingerprint density at radius 3 is 2.33 bits per heavy atom. The average molecular weight is 406 g/mol. The van der Waals surface area contributed by atoms with Gasteiger partial charge in [0.25, 0.3) is 5.91 Å². The summed E-state index contributed by atoms with van der Waals surface area (Å²) < 4.78 is 0. The largest absolute Gasteiger partial charge is 0.353 e. The standard InChI is InChI=1S/C23H26N4O3/c28-21(25-18-8-9-18)15-16-4-6-19(7-5-16)26-22(29)17-10-13-27(14-11-17)23(30)20-3-1-2-12-24-20/h1-7,12,17-18H,8-11,13-15H2,(H,25,28)(H,26,29). The lowest BCUT2D eigenvalue weighted by atomic mass is 9.95. The number of piperidine rings is 1. The van der Waals surface area contributed by atoms with Crippen LogP contribution in [0, 0.1) is 5.92 Å². The molecule has 2 N–H and O–H groups in total. The van der Waals surface area contributed by atoms with Crippen LogP contribution in [0.15, 0.2) is 48.7 Å². The molecule has 2 aromatic rings. The SMILES string of the molecule is O=C(Cc1ccc(NC(=O)C2CCN(C(=O)c3ccccn3)CC2)cc1)NC1CC1. The van der Waals surface area contributed by atoms with Crippen LogP contribution in [0.3, 0.4) is 0 Å². The van der Waals surface area contributed by atoms with E-state index >= 15 is 0 Å². The van der Waals surface area contributed by atoms with Gasteiger partial charge in [0.1, 0.15) is 5.69 Å². The van der Waals surface area contributed by atoms with E-state index in [4.69, 9.17) is 0 Å². The lowest BCUT2D eigenvalue weighted by Gasteiger charge is -2.31. The van der Waals surface area contributed by atoms with Crippen molar-refractivity contribution in [1.29, 1.82) is 0 Å². The predicted octanol–water partition coefficient (Wildman–Crippen LogP) is 2.39. The first-order valence-electron chi connectivity index (χ1n) is 10.5. The molecule has 1 aromatic carbocycles. The molecule has 2 fully saturated rings. The van der Waals surface area contributed by atoms with Crippen molar-refractivity contribution >= 4 is 23.4 Å². The molecule has 7 nitrogen and oxygen atoms in total. The Labute approximate surface area is 175 Å². The number of carbonyl (C=O) groups is 3. The van der Waals surface area contributed by atoms with Crippen molar-refractivity contribution in [3.8, 4) is 0 Å². The molecule has 1 aromatic heterocycles. The molecule has 0 spiro atoms. The van der Waals surface area contributed by atoms with Crippen LogP contribution in [0.2, 0.25) is 0 Å². The van der Waals surface area contributed by atoms with Crippen LogP contribution in [0.4, 0.5) is 5.69 Å². The molecule has 0 radical (unpaired) electrons. The van der Waals surface area contributed by atoms with Crippen molar-refractivity contribution in [3.63, 3.8) is 0 Å². The molecule has 1 saturated carbocycles. The van der Waals surface area contributed by atoms with Gasteiger partial charge in [-0.15, -0.1) is 0 Å². The fraction of sp³-hybridized carbons (Fsp3) is 0.391. The molecule has 1 aliphatic carbocycles. The van der Waals surface area contributed by atoms with Gasteiger partial charge in [-0.3, -0.25) is 19.4 Å². The number of nitrogens with one attached hydrogen (secondary N) is 2. The van der Waals surface area contributed by atoms with E-state index in [2.05, 4.69) is 15.6 Å². The summed E-state index contributed by atoms with van der Waals surface area (Å²) in [4.78, 5) is 42.8. The summed E-state index contributed by atoms with van der Waals surface area (Å²) in [6, 6.07) is 13.1. The molecular weight excluding hydrogens is 380 g/mol. The molecule has 7 heteroatoms. The van der Waals surface area contributed by atoms with Gasteiger partial charge < -0.3 is 15.5 Å². The topological polar surface area (TPSA) is 91.4 Å². The normalized spacial score (nSPS) is 16.7. The molecule has 0 bridgehead atoms. The number of benzene rings is 1. The highest BCUT2D eigenvalue weighted by Crippen LogP contribution is 2.21. The molecule has 1 saturated heterocycles. The number of likely N-dealkylation sites (tertiary alicyclic amines) is 1. The summed E-state index contributed by atoms with van der Waals surface area (Å²) in [5.74, 6) is -0.196. The zero-order chi connectivity index (χ0) is 20.9. The van der Waals surface area contributed by atoms with Gasteiger partial charge in [0.15, 0.2) is 0 Å². The van der Waals surface area contributed by atoms with E-state index in [9.17, 15) is 14.4 Å². The zero-order valence-corrected chi connectivity index (χ0v) is 16.8. The minimum Gasteiger partial charge on any atom is -0.353 e. The first kappa shape index (κ1) is 20.1. The second-order valence-electron chi connectivity index (χ2n) is 7.99. The average Bonchev–Trinajstić information content (AvgIpc) is 3.59. The number of rotatable bonds is 6. The maximum absolute atomic E-state index is 12.6. The minimum absolute atomic E-state index is 0.0286. The van der Waals surface area contributed by atoms with Gasteiger partial charge in [-0.2, -0.15) is 0 Å². The van der Waals surface area contributed by atoms with Crippen molar-refractivity contribution in [1.82, 2.24) is 15.2 Å². The maximum Gasteiger partial charge on any atom is 0.272 e. The highest BCUT2D eigenvalue weighted by molar-refractivity contribution is 5.94. The van der Waals surface area contributed by atoms with Crippen LogP contribution in [0.5, 0.6) is 0 Å². The summed E-state index contributed by atoms with van der Waals surface area (Å²) in [5, 5.41) is 5.93. The van der Waals surface area contributed by atoms with Crippen molar-refractivity contribution in [2.45, 2.75) is 38.1 Å². The first-order chi connectivity index (χ1) is 14.6. The van der Waals surface area contributed by atoms with E-state index in [1.165, 1.54) is 0 Å². The van der Waals surface area contributed by atoms with E-state index in [-0.39, 0.29) is 23.6 Å². The molecule has 3 amide bonds. The third-order valence-electron chi connectivity index (χ3n) is 5.57. The Bertz CT molecular complexity index is 902. The number of anilines is 1. The number of pyridine rings is 1. The molecule has 4 rings (SSSR count). The molecule has 0 unspecified atom stereocenters. The maximum atomic E-state index is 12.6. The van der Waals surface area contributed by atoms with Crippen molar-refractivity contribution < 1.29 is 14.4 Å². The monoisotopic (exact) mass is 406 g/mol. The number of carbonyl (C=O) groups excluding carboxylic acids is 3. The predicted molar refractivity (Wildman–Crippen MR) is 113 cm³/mol. The molecule has 2 aliphatic rings. The van der Waals surface area contributed by atoms with Crippen molar-refractivity contribution in [3.05, 3.63) is 59.9 Å². The summed E-state index contributed by atoms with van der Waals surface area (Å²) in [7, 11) is 0. The molecule has 1 aliphatic heterocycles. The van der Waals surface area contributed by atoms with Gasteiger partial charge in [-0.05, 0) is 55.5 Å². The van der Waals surface area contributed by atoms with E-state index in [1.54, 1.807) is 29.3 Å². The number of hydrogen-bond donors (Lipinski definition) is 2. The third kappa shape index (κ3) is 5.23. The Morgan fingerprint density at radius 2 is 1.70 bits per heavy atom. The second-order valence-corrected chi connectivity index (χ2v) is 7.99. The fourth-order valence-electron chi connectivity index (χ4n) is 3.64. The molecule has 2 heterocycles. The number of hydrogen-bond acceptors (Lipinski definition) is 4. The van der Waals surface area contributed by atoms with Crippen LogP contribution in [-0.4, -0.2) is 46.7 Å². The number of nitrogens with zero attached hydrogens (tertiary/aromatic N) is 2. The lowest BCUT2D eigenvalue weighted by molar-refractivity contribution is -0.121. The van der Waals surface area contributed by atoms with Crippen LogP contribution in [-0.2, 0) is 16.0 Å². The van der Waals surface area contributed by atoms with E-state index in [0.29, 0.717) is 44.1 Å². The second kappa shape index (κ2) is 9.07. The highest BCUT2D eigenvalue weighted by Gasteiger charge is 2.28. The molecule has 156 valence electrons. The zero-order valence-electron chi connectivity index (χ0n) is 16.8. The molecular formula is C23H26N4O3. The summed E-state index contributed by atoms with van der Waals surface area (Å²) in [5.41, 5.74) is 2.08. The minimum atomic E-state index is -0.123. The van der Waals surface area contributed by atoms with Crippen LogP contribution in [0.1, 0.15) is 41.7 Å². The van der Waals surface area contributed by atoms with Crippen LogP contribution in [0.25, 0.3) is 0 Å². The molecule has 0 atom stereocenters.